The van der Waals surface area contributed by atoms with Crippen molar-refractivity contribution in [2.75, 3.05) is 14.2 Å². The van der Waals surface area contributed by atoms with Crippen LogP contribution in [0.15, 0.2) is 103 Å². The molecule has 1 aliphatic heterocycles. The molecule has 7 rings (SSSR count). The van der Waals surface area contributed by atoms with Crippen molar-refractivity contribution in [3.63, 3.8) is 0 Å². The molecule has 37 heavy (non-hydrogen) atoms. The van der Waals surface area contributed by atoms with Crippen LogP contribution in [0.5, 0.6) is 17.2 Å². The first-order valence-corrected chi connectivity index (χ1v) is 12.6. The Morgan fingerprint density at radius 3 is 1.95 bits per heavy atom. The minimum absolute atomic E-state index is 0.708. The van der Waals surface area contributed by atoms with Crippen LogP contribution in [0.3, 0.4) is 0 Å². The molecule has 2 aliphatic rings. The number of rotatable bonds is 4. The standard InChI is InChI=1S/C34H26O3/c1-35-30-20-27-26-17-18-34(23-12-5-3-6-13-23,24-14-7-4-8-15-24)37-33(26)29-19-22-11-9-10-16-25(22)32(29)28(27)21-31(30)36-2/h3-18,20-21H,19H2,1-2H3. The van der Waals surface area contributed by atoms with Crippen molar-refractivity contribution in [1.82, 2.24) is 0 Å². The normalized spacial score (nSPS) is 14.4. The van der Waals surface area contributed by atoms with E-state index in [2.05, 4.69) is 97.1 Å². The Bertz CT molecular complexity index is 1640. The van der Waals surface area contributed by atoms with E-state index >= 15 is 0 Å². The highest BCUT2D eigenvalue weighted by atomic mass is 16.5. The third-order valence-corrected chi connectivity index (χ3v) is 7.71. The monoisotopic (exact) mass is 482 g/mol. The Kier molecular flexibility index (Phi) is 4.87. The van der Waals surface area contributed by atoms with Crippen LogP contribution in [-0.2, 0) is 12.0 Å². The second kappa shape index (κ2) is 8.28. The molecule has 5 aromatic carbocycles. The fraction of sp³-hybridized carbons (Fsp3) is 0.118. The fourth-order valence-electron chi connectivity index (χ4n) is 5.98. The first-order chi connectivity index (χ1) is 18.2. The van der Waals surface area contributed by atoms with Gasteiger partial charge in [-0.25, -0.2) is 0 Å². The van der Waals surface area contributed by atoms with Crippen LogP contribution >= 0.6 is 0 Å². The van der Waals surface area contributed by atoms with Gasteiger partial charge in [-0.1, -0.05) is 84.9 Å². The summed E-state index contributed by atoms with van der Waals surface area (Å²) in [6.07, 6.45) is 5.26. The number of fused-ring (bicyclic) bond motifs is 8. The van der Waals surface area contributed by atoms with Crippen LogP contribution < -0.4 is 14.2 Å². The first kappa shape index (κ1) is 21.8. The van der Waals surface area contributed by atoms with Crippen molar-refractivity contribution in [3.8, 4) is 28.4 Å². The Labute approximate surface area is 216 Å². The van der Waals surface area contributed by atoms with Gasteiger partial charge in [-0.2, -0.15) is 0 Å². The van der Waals surface area contributed by atoms with E-state index in [9.17, 15) is 0 Å². The maximum Gasteiger partial charge on any atom is 0.178 e. The van der Waals surface area contributed by atoms with Crippen LogP contribution in [0, 0.1) is 0 Å². The van der Waals surface area contributed by atoms with Gasteiger partial charge in [0.15, 0.2) is 17.1 Å². The molecule has 3 nitrogen and oxygen atoms in total. The predicted molar refractivity (Wildman–Crippen MR) is 149 cm³/mol. The number of methoxy groups -OCH3 is 2. The fourth-order valence-corrected chi connectivity index (χ4v) is 5.98. The van der Waals surface area contributed by atoms with E-state index in [-0.39, 0.29) is 0 Å². The number of ether oxygens (including phenoxy) is 3. The third-order valence-electron chi connectivity index (χ3n) is 7.71. The molecule has 0 unspecified atom stereocenters. The van der Waals surface area contributed by atoms with Crippen molar-refractivity contribution in [3.05, 3.63) is 131 Å². The molecular weight excluding hydrogens is 456 g/mol. The molecule has 0 amide bonds. The Hall–Kier alpha value is -4.50. The van der Waals surface area contributed by atoms with Crippen molar-refractivity contribution in [2.45, 2.75) is 12.0 Å². The highest BCUT2D eigenvalue weighted by Gasteiger charge is 2.40. The lowest BCUT2D eigenvalue weighted by atomic mass is 9.82. The van der Waals surface area contributed by atoms with E-state index in [0.29, 0.717) is 5.75 Å². The average Bonchev–Trinajstić information content (AvgIpc) is 3.37. The molecule has 1 heterocycles. The largest absolute Gasteiger partial charge is 0.493 e. The van der Waals surface area contributed by atoms with Gasteiger partial charge in [0.1, 0.15) is 5.75 Å². The molecule has 0 aromatic heterocycles. The summed E-state index contributed by atoms with van der Waals surface area (Å²) in [6.45, 7) is 0. The second-order valence-electron chi connectivity index (χ2n) is 9.59. The molecule has 0 bridgehead atoms. The quantitative estimate of drug-likeness (QED) is 0.257. The van der Waals surface area contributed by atoms with Crippen LogP contribution in [-0.4, -0.2) is 14.2 Å². The molecule has 0 saturated heterocycles. The minimum atomic E-state index is -0.734. The number of hydrogen-bond donors (Lipinski definition) is 0. The molecule has 0 spiro atoms. The second-order valence-corrected chi connectivity index (χ2v) is 9.59. The van der Waals surface area contributed by atoms with E-state index < -0.39 is 5.60 Å². The minimum Gasteiger partial charge on any atom is -0.493 e. The van der Waals surface area contributed by atoms with Gasteiger partial charge in [0.2, 0.25) is 0 Å². The summed E-state index contributed by atoms with van der Waals surface area (Å²) in [5, 5.41) is 2.24. The summed E-state index contributed by atoms with van der Waals surface area (Å²) in [4.78, 5) is 0. The van der Waals surface area contributed by atoms with Crippen molar-refractivity contribution in [2.24, 2.45) is 0 Å². The lowest BCUT2D eigenvalue weighted by Gasteiger charge is -2.37. The smallest absolute Gasteiger partial charge is 0.178 e. The molecule has 0 radical (unpaired) electrons. The van der Waals surface area contributed by atoms with Crippen LogP contribution in [0.2, 0.25) is 0 Å². The zero-order valence-corrected chi connectivity index (χ0v) is 20.8. The van der Waals surface area contributed by atoms with Crippen molar-refractivity contribution >= 4 is 16.8 Å². The zero-order valence-electron chi connectivity index (χ0n) is 20.8. The summed E-state index contributed by atoms with van der Waals surface area (Å²) in [5.41, 5.74) is 7.53. The van der Waals surface area contributed by atoms with E-state index in [1.807, 2.05) is 12.1 Å². The van der Waals surface area contributed by atoms with Gasteiger partial charge in [-0.05, 0) is 51.7 Å². The third kappa shape index (κ3) is 3.14. The topological polar surface area (TPSA) is 27.7 Å². The number of hydrogen-bond acceptors (Lipinski definition) is 3. The Balaban J connectivity index is 1.56. The first-order valence-electron chi connectivity index (χ1n) is 12.6. The van der Waals surface area contributed by atoms with E-state index in [1.54, 1.807) is 14.2 Å². The van der Waals surface area contributed by atoms with Gasteiger partial charge in [0.25, 0.3) is 0 Å². The molecular formula is C34H26O3. The Morgan fingerprint density at radius 1 is 0.703 bits per heavy atom. The van der Waals surface area contributed by atoms with Gasteiger partial charge >= 0.3 is 0 Å². The molecule has 5 aromatic rings. The molecule has 3 heteroatoms. The lowest BCUT2D eigenvalue weighted by molar-refractivity contribution is 0.160. The van der Waals surface area contributed by atoms with Crippen LogP contribution in [0.25, 0.3) is 28.0 Å². The van der Waals surface area contributed by atoms with E-state index in [1.165, 1.54) is 22.3 Å². The molecule has 0 fully saturated rings. The average molecular weight is 483 g/mol. The summed E-state index contributed by atoms with van der Waals surface area (Å²) in [7, 11) is 3.37. The highest BCUT2D eigenvalue weighted by Crippen LogP contribution is 2.54. The van der Waals surface area contributed by atoms with Crippen LogP contribution in [0.4, 0.5) is 0 Å². The summed E-state index contributed by atoms with van der Waals surface area (Å²) in [5.74, 6) is 2.37. The molecule has 0 atom stereocenters. The maximum atomic E-state index is 7.25. The highest BCUT2D eigenvalue weighted by molar-refractivity contribution is 6.08. The zero-order chi connectivity index (χ0) is 25.0. The lowest BCUT2D eigenvalue weighted by Crippen LogP contribution is -2.34. The van der Waals surface area contributed by atoms with Crippen molar-refractivity contribution < 1.29 is 14.2 Å². The Morgan fingerprint density at radius 2 is 1.30 bits per heavy atom. The number of benzene rings is 5. The van der Waals surface area contributed by atoms with Gasteiger partial charge in [0.05, 0.1) is 14.2 Å². The van der Waals surface area contributed by atoms with Gasteiger partial charge in [-0.15, -0.1) is 0 Å². The summed E-state index contributed by atoms with van der Waals surface area (Å²) in [6, 6.07) is 33.8. The van der Waals surface area contributed by atoms with Crippen molar-refractivity contribution in [1.29, 1.82) is 0 Å². The van der Waals surface area contributed by atoms with Gasteiger partial charge in [-0.3, -0.25) is 0 Å². The predicted octanol–water partition coefficient (Wildman–Crippen LogP) is 7.78. The SMILES string of the molecule is COc1cc2c3c(c4c(c2cc1OC)-c1ccccc1C4)OC(c1ccccc1)(c1ccccc1)C=C3. The van der Waals surface area contributed by atoms with Gasteiger partial charge < -0.3 is 14.2 Å². The van der Waals surface area contributed by atoms with E-state index in [4.69, 9.17) is 14.2 Å². The van der Waals surface area contributed by atoms with E-state index in [0.717, 1.165) is 45.4 Å². The molecule has 1 aliphatic carbocycles. The molecule has 180 valence electrons. The molecule has 0 N–H and O–H groups in total. The summed E-state index contributed by atoms with van der Waals surface area (Å²) >= 11 is 0. The van der Waals surface area contributed by atoms with Gasteiger partial charge in [0, 0.05) is 28.7 Å². The molecule has 0 saturated carbocycles. The summed E-state index contributed by atoms with van der Waals surface area (Å²) < 4.78 is 18.7. The van der Waals surface area contributed by atoms with Crippen LogP contribution in [0.1, 0.15) is 27.8 Å². The maximum absolute atomic E-state index is 7.25.